The second kappa shape index (κ2) is 3.82. The topological polar surface area (TPSA) is 0 Å². The van der Waals surface area contributed by atoms with E-state index >= 15 is 0 Å². The molecule has 0 spiro atoms. The number of benzene rings is 2. The lowest BCUT2D eigenvalue weighted by atomic mass is 9.99. The zero-order valence-electron chi connectivity index (χ0n) is 8.93. The Labute approximate surface area is 95.6 Å². The highest BCUT2D eigenvalue weighted by Crippen LogP contribution is 2.22. The summed E-state index contributed by atoms with van der Waals surface area (Å²) in [4.78, 5) is 0. The molecule has 0 heterocycles. The third-order valence-corrected chi connectivity index (χ3v) is 2.88. The third kappa shape index (κ3) is 1.59. The second-order valence-electron chi connectivity index (χ2n) is 3.92. The first-order valence-electron chi connectivity index (χ1n) is 5.48. The number of hydrogen-bond donors (Lipinski definition) is 0. The van der Waals surface area contributed by atoms with Gasteiger partial charge in [-0.25, -0.2) is 0 Å². The Bertz CT molecular complexity index is 471. The van der Waals surface area contributed by atoms with Crippen LogP contribution in [-0.4, -0.2) is 0 Å². The molecular weight excluding hydrogens is 192 g/mol. The van der Waals surface area contributed by atoms with Crippen LogP contribution in [0.15, 0.2) is 48.5 Å². The standard InChI is InChI=1S/2C8H6/c2*1-2-4-8-6-5-7(8)3-1/h2*1-6H. The van der Waals surface area contributed by atoms with Crippen molar-refractivity contribution in [1.29, 1.82) is 0 Å². The van der Waals surface area contributed by atoms with Crippen molar-refractivity contribution in [2.24, 2.45) is 0 Å². The van der Waals surface area contributed by atoms with E-state index in [4.69, 9.17) is 0 Å². The quantitative estimate of drug-likeness (QED) is 0.399. The molecule has 2 aromatic carbocycles. The smallest absolute Gasteiger partial charge is 0.0184 e. The highest BCUT2D eigenvalue weighted by Gasteiger charge is 2.00. The molecule has 16 heavy (non-hydrogen) atoms. The molecule has 0 saturated carbocycles. The van der Waals surface area contributed by atoms with Crippen LogP contribution in [0.4, 0.5) is 0 Å². The molecule has 0 bridgehead atoms. The Kier molecular flexibility index (Phi) is 2.19. The fraction of sp³-hybridized carbons (Fsp3) is 0. The Balaban J connectivity index is 0.000000101. The molecule has 0 radical (unpaired) electrons. The van der Waals surface area contributed by atoms with Gasteiger partial charge in [-0.05, 0) is 22.3 Å². The summed E-state index contributed by atoms with van der Waals surface area (Å²) in [5.41, 5.74) is 5.47. The number of rotatable bonds is 0. The van der Waals surface area contributed by atoms with Crippen LogP contribution in [0, 0.1) is 0 Å². The van der Waals surface area contributed by atoms with Crippen molar-refractivity contribution in [1.82, 2.24) is 0 Å². The molecule has 0 heteroatoms. The van der Waals surface area contributed by atoms with Crippen LogP contribution in [0.25, 0.3) is 24.3 Å². The van der Waals surface area contributed by atoms with Crippen LogP contribution in [0.1, 0.15) is 22.3 Å². The summed E-state index contributed by atoms with van der Waals surface area (Å²) >= 11 is 0. The van der Waals surface area contributed by atoms with Crippen LogP contribution in [-0.2, 0) is 0 Å². The lowest BCUT2D eigenvalue weighted by Gasteiger charge is -2.06. The van der Waals surface area contributed by atoms with Crippen molar-refractivity contribution in [3.63, 3.8) is 0 Å². The maximum absolute atomic E-state index is 2.12. The molecule has 0 N–H and O–H groups in total. The van der Waals surface area contributed by atoms with Crippen molar-refractivity contribution in [3.8, 4) is 0 Å². The van der Waals surface area contributed by atoms with Gasteiger partial charge in [-0.3, -0.25) is 0 Å². The number of hydrogen-bond acceptors (Lipinski definition) is 0. The van der Waals surface area contributed by atoms with Crippen LogP contribution in [0.5, 0.6) is 0 Å². The van der Waals surface area contributed by atoms with E-state index in [0.29, 0.717) is 0 Å². The van der Waals surface area contributed by atoms with Gasteiger partial charge in [0.1, 0.15) is 0 Å². The van der Waals surface area contributed by atoms with Crippen molar-refractivity contribution in [2.75, 3.05) is 0 Å². The molecule has 4 rings (SSSR count). The van der Waals surface area contributed by atoms with E-state index in [2.05, 4.69) is 72.8 Å². The Morgan fingerprint density at radius 1 is 0.375 bits per heavy atom. The van der Waals surface area contributed by atoms with E-state index < -0.39 is 0 Å². The molecule has 2 aromatic rings. The van der Waals surface area contributed by atoms with Crippen LogP contribution in [0.2, 0.25) is 0 Å². The molecule has 2 aliphatic carbocycles. The average Bonchev–Trinajstić information content (AvgIpc) is 2.23. The largest absolute Gasteiger partial charge is 0.0616 e. The van der Waals surface area contributed by atoms with E-state index in [1.807, 2.05) is 0 Å². The lowest BCUT2D eigenvalue weighted by Crippen LogP contribution is -1.85. The van der Waals surface area contributed by atoms with Gasteiger partial charge < -0.3 is 0 Å². The summed E-state index contributed by atoms with van der Waals surface area (Å²) in [5.74, 6) is 0. The highest BCUT2D eigenvalue weighted by atomic mass is 14.0. The van der Waals surface area contributed by atoms with Gasteiger partial charge >= 0.3 is 0 Å². The maximum Gasteiger partial charge on any atom is -0.0184 e. The summed E-state index contributed by atoms with van der Waals surface area (Å²) in [6.07, 6.45) is 8.48. The van der Waals surface area contributed by atoms with Crippen LogP contribution >= 0.6 is 0 Å². The Morgan fingerprint density at radius 3 is 0.750 bits per heavy atom. The third-order valence-electron chi connectivity index (χ3n) is 2.88. The fourth-order valence-corrected chi connectivity index (χ4v) is 1.80. The second-order valence-corrected chi connectivity index (χ2v) is 3.92. The van der Waals surface area contributed by atoms with Gasteiger partial charge in [0.2, 0.25) is 0 Å². The normalized spacial score (nSPS) is 12.5. The van der Waals surface area contributed by atoms with E-state index in [0.717, 1.165) is 0 Å². The molecule has 0 amide bonds. The van der Waals surface area contributed by atoms with Gasteiger partial charge in [0, 0.05) is 0 Å². The predicted molar refractivity (Wildman–Crippen MR) is 70.7 cm³/mol. The predicted octanol–water partition coefficient (Wildman–Crippen LogP) is 4.34. The maximum atomic E-state index is 2.12. The molecular formula is C16H12. The van der Waals surface area contributed by atoms with Gasteiger partial charge in [0.15, 0.2) is 0 Å². The molecule has 0 fully saturated rings. The lowest BCUT2D eigenvalue weighted by molar-refractivity contribution is 1.58. The molecule has 0 nitrogen and oxygen atoms in total. The summed E-state index contributed by atoms with van der Waals surface area (Å²) in [7, 11) is 0. The van der Waals surface area contributed by atoms with Crippen LogP contribution < -0.4 is 0 Å². The Morgan fingerprint density at radius 2 is 0.625 bits per heavy atom. The summed E-state index contributed by atoms with van der Waals surface area (Å²) in [6, 6.07) is 16.7. The first-order valence-corrected chi connectivity index (χ1v) is 5.48. The minimum absolute atomic E-state index is 1.37. The summed E-state index contributed by atoms with van der Waals surface area (Å²) in [5, 5.41) is 0. The van der Waals surface area contributed by atoms with Crippen LogP contribution in [0.3, 0.4) is 0 Å². The number of fused-ring (bicyclic) bond motifs is 2. The van der Waals surface area contributed by atoms with Gasteiger partial charge in [-0.2, -0.15) is 0 Å². The van der Waals surface area contributed by atoms with E-state index in [1.54, 1.807) is 0 Å². The molecule has 0 saturated heterocycles. The minimum Gasteiger partial charge on any atom is -0.0616 e. The highest BCUT2D eigenvalue weighted by molar-refractivity contribution is 5.85. The molecule has 0 unspecified atom stereocenters. The Hall–Kier alpha value is -2.08. The van der Waals surface area contributed by atoms with E-state index in [1.165, 1.54) is 22.3 Å². The van der Waals surface area contributed by atoms with Crippen molar-refractivity contribution in [3.05, 3.63) is 70.8 Å². The summed E-state index contributed by atoms with van der Waals surface area (Å²) in [6.45, 7) is 0. The molecule has 0 aromatic heterocycles. The average molecular weight is 204 g/mol. The molecule has 2 aliphatic rings. The minimum atomic E-state index is 1.37. The van der Waals surface area contributed by atoms with Crippen molar-refractivity contribution < 1.29 is 0 Å². The molecule has 0 aliphatic heterocycles. The van der Waals surface area contributed by atoms with Gasteiger partial charge in [0.25, 0.3) is 0 Å². The van der Waals surface area contributed by atoms with Crippen molar-refractivity contribution in [2.45, 2.75) is 0 Å². The first-order chi connectivity index (χ1) is 7.93. The molecule has 0 atom stereocenters. The van der Waals surface area contributed by atoms with Gasteiger partial charge in [0.05, 0.1) is 0 Å². The van der Waals surface area contributed by atoms with E-state index in [9.17, 15) is 0 Å². The van der Waals surface area contributed by atoms with Crippen molar-refractivity contribution >= 4 is 24.3 Å². The zero-order valence-corrected chi connectivity index (χ0v) is 8.93. The fourth-order valence-electron chi connectivity index (χ4n) is 1.80. The monoisotopic (exact) mass is 204 g/mol. The summed E-state index contributed by atoms with van der Waals surface area (Å²) < 4.78 is 0. The SMILES string of the molecule is C1=Cc2ccccc21.C1=Cc2ccccc21. The van der Waals surface area contributed by atoms with Gasteiger partial charge in [-0.15, -0.1) is 0 Å². The van der Waals surface area contributed by atoms with Gasteiger partial charge in [-0.1, -0.05) is 72.8 Å². The zero-order chi connectivity index (χ0) is 10.8. The molecule has 76 valence electrons. The first kappa shape index (κ1) is 9.17. The van der Waals surface area contributed by atoms with E-state index in [-0.39, 0.29) is 0 Å².